The van der Waals surface area contributed by atoms with E-state index in [1.165, 1.54) is 0 Å². The molecule has 7 heteroatoms. The number of amides is 2. The molecule has 3 rings (SSSR count). The van der Waals surface area contributed by atoms with Gasteiger partial charge in [-0.2, -0.15) is 0 Å². The van der Waals surface area contributed by atoms with Crippen molar-refractivity contribution in [2.75, 3.05) is 30.0 Å². The van der Waals surface area contributed by atoms with Crippen LogP contribution >= 0.6 is 11.6 Å². The average Bonchev–Trinajstić information content (AvgIpc) is 2.63. The van der Waals surface area contributed by atoms with E-state index in [0.29, 0.717) is 40.4 Å². The summed E-state index contributed by atoms with van der Waals surface area (Å²) in [5.41, 5.74) is 1.22. The van der Waals surface area contributed by atoms with E-state index in [0.717, 1.165) is 0 Å². The summed E-state index contributed by atoms with van der Waals surface area (Å²) in [5.74, 6) is 0.958. The fraction of sp³-hybridized carbons (Fsp3) is 0.300. The van der Waals surface area contributed by atoms with Crippen LogP contribution in [0.4, 0.5) is 11.4 Å². The highest BCUT2D eigenvalue weighted by atomic mass is 35.5. The molecule has 0 unspecified atom stereocenters. The van der Waals surface area contributed by atoms with Gasteiger partial charge in [0.25, 0.3) is 11.8 Å². The van der Waals surface area contributed by atoms with E-state index in [4.69, 9.17) is 21.1 Å². The lowest BCUT2D eigenvalue weighted by atomic mass is 10.1. The molecule has 0 atom stereocenters. The summed E-state index contributed by atoms with van der Waals surface area (Å²) in [6, 6.07) is 12.2. The Morgan fingerprint density at radius 2 is 2.07 bits per heavy atom. The predicted molar refractivity (Wildman–Crippen MR) is 105 cm³/mol. The molecule has 6 nitrogen and oxygen atoms in total. The van der Waals surface area contributed by atoms with Gasteiger partial charge in [-0.3, -0.25) is 9.59 Å². The van der Waals surface area contributed by atoms with Crippen LogP contribution in [0.5, 0.6) is 11.5 Å². The molecule has 1 N–H and O–H groups in total. The zero-order valence-electron chi connectivity index (χ0n) is 15.2. The van der Waals surface area contributed by atoms with E-state index in [9.17, 15) is 9.59 Å². The third kappa shape index (κ3) is 4.71. The van der Waals surface area contributed by atoms with Gasteiger partial charge >= 0.3 is 0 Å². The Morgan fingerprint density at radius 3 is 2.81 bits per heavy atom. The lowest BCUT2D eigenvalue weighted by molar-refractivity contribution is -0.121. The third-order valence-corrected chi connectivity index (χ3v) is 4.24. The first-order valence-electron chi connectivity index (χ1n) is 8.68. The molecule has 0 aromatic heterocycles. The summed E-state index contributed by atoms with van der Waals surface area (Å²) in [7, 11) is 0. The molecule has 0 bridgehead atoms. The first kappa shape index (κ1) is 19.0. The summed E-state index contributed by atoms with van der Waals surface area (Å²) in [5, 5.41) is 3.21. The summed E-state index contributed by atoms with van der Waals surface area (Å²) in [6.07, 6.45) is 0. The highest BCUT2D eigenvalue weighted by molar-refractivity contribution is 6.32. The number of hydrogen-bond donors (Lipinski definition) is 1. The van der Waals surface area contributed by atoms with Crippen LogP contribution in [0.15, 0.2) is 42.5 Å². The van der Waals surface area contributed by atoms with E-state index in [1.54, 1.807) is 47.4 Å². The predicted octanol–water partition coefficient (Wildman–Crippen LogP) is 3.74. The van der Waals surface area contributed by atoms with Crippen LogP contribution in [0.2, 0.25) is 5.02 Å². The molecule has 0 saturated heterocycles. The minimum atomic E-state index is -0.326. The Kier molecular flexibility index (Phi) is 5.86. The molecule has 27 heavy (non-hydrogen) atoms. The number of para-hydroxylation sites is 1. The van der Waals surface area contributed by atoms with E-state index >= 15 is 0 Å². The van der Waals surface area contributed by atoms with E-state index in [2.05, 4.69) is 5.32 Å². The van der Waals surface area contributed by atoms with Crippen LogP contribution < -0.4 is 19.7 Å². The number of carbonyl (C=O) groups excluding carboxylic acids is 2. The number of hydrogen-bond acceptors (Lipinski definition) is 4. The number of ether oxygens (including phenoxy) is 2. The maximum atomic E-state index is 12.2. The number of nitrogens with one attached hydrogen (secondary N) is 1. The topological polar surface area (TPSA) is 67.9 Å². The lowest BCUT2D eigenvalue weighted by Gasteiger charge is -2.31. The number of rotatable bonds is 6. The molecule has 0 radical (unpaired) electrons. The Labute approximate surface area is 163 Å². The van der Waals surface area contributed by atoms with Crippen LogP contribution in [0.3, 0.4) is 0 Å². The first-order valence-corrected chi connectivity index (χ1v) is 9.06. The fourth-order valence-corrected chi connectivity index (χ4v) is 2.94. The second-order valence-electron chi connectivity index (χ2n) is 6.64. The van der Waals surface area contributed by atoms with E-state index in [1.807, 2.05) is 13.8 Å². The number of carbonyl (C=O) groups is 2. The molecule has 1 aliphatic heterocycles. The van der Waals surface area contributed by atoms with Gasteiger partial charge in [0.2, 0.25) is 0 Å². The van der Waals surface area contributed by atoms with Crippen LogP contribution in [0, 0.1) is 5.92 Å². The molecule has 0 spiro atoms. The highest BCUT2D eigenvalue weighted by Crippen LogP contribution is 2.35. The lowest BCUT2D eigenvalue weighted by Crippen LogP contribution is -2.41. The highest BCUT2D eigenvalue weighted by Gasteiger charge is 2.26. The van der Waals surface area contributed by atoms with Crippen molar-refractivity contribution in [3.05, 3.63) is 47.5 Å². The smallest absolute Gasteiger partial charge is 0.265 e. The molecule has 2 aromatic rings. The minimum absolute atomic E-state index is 0.0249. The van der Waals surface area contributed by atoms with E-state index < -0.39 is 0 Å². The average molecular weight is 389 g/mol. The standard InChI is InChI=1S/C20H21ClN2O4/c1-13(2)10-23-16-9-14(7-8-18(16)27-12-20(23)25)22-19(24)11-26-17-6-4-3-5-15(17)21/h3-9,13H,10-12H2,1-2H3,(H,22,24). The van der Waals surface area contributed by atoms with Crippen LogP contribution in [-0.4, -0.2) is 31.6 Å². The number of fused-ring (bicyclic) bond motifs is 1. The third-order valence-electron chi connectivity index (χ3n) is 3.93. The molecule has 142 valence electrons. The van der Waals surface area contributed by atoms with Crippen molar-refractivity contribution in [1.29, 1.82) is 0 Å². The maximum Gasteiger partial charge on any atom is 0.265 e. The quantitative estimate of drug-likeness (QED) is 0.818. The second kappa shape index (κ2) is 8.31. The summed E-state index contributed by atoms with van der Waals surface area (Å²) in [6.45, 7) is 4.52. The molecule has 0 aliphatic carbocycles. The van der Waals surface area contributed by atoms with Crippen molar-refractivity contribution in [3.8, 4) is 11.5 Å². The summed E-state index contributed by atoms with van der Waals surface area (Å²) in [4.78, 5) is 26.1. The largest absolute Gasteiger partial charge is 0.482 e. The molecule has 0 fully saturated rings. The van der Waals surface area contributed by atoms with Gasteiger partial charge in [0.15, 0.2) is 13.2 Å². The van der Waals surface area contributed by atoms with Crippen LogP contribution in [0.1, 0.15) is 13.8 Å². The number of anilines is 2. The number of halogens is 1. The minimum Gasteiger partial charge on any atom is -0.482 e. The van der Waals surface area contributed by atoms with Crippen molar-refractivity contribution < 1.29 is 19.1 Å². The van der Waals surface area contributed by atoms with Gasteiger partial charge in [-0.1, -0.05) is 37.6 Å². The Bertz CT molecular complexity index is 854. The van der Waals surface area contributed by atoms with Crippen molar-refractivity contribution in [2.45, 2.75) is 13.8 Å². The normalized spacial score (nSPS) is 13.2. The van der Waals surface area contributed by atoms with Crippen molar-refractivity contribution in [3.63, 3.8) is 0 Å². The van der Waals surface area contributed by atoms with Crippen LogP contribution in [0.25, 0.3) is 0 Å². The fourth-order valence-electron chi connectivity index (χ4n) is 2.75. The molecule has 2 aromatic carbocycles. The van der Waals surface area contributed by atoms with Gasteiger partial charge in [-0.05, 0) is 36.2 Å². The van der Waals surface area contributed by atoms with Gasteiger partial charge in [-0.25, -0.2) is 0 Å². The van der Waals surface area contributed by atoms with Gasteiger partial charge < -0.3 is 19.7 Å². The molecule has 1 heterocycles. The van der Waals surface area contributed by atoms with E-state index in [-0.39, 0.29) is 25.0 Å². The molecule has 2 amide bonds. The zero-order chi connectivity index (χ0) is 19.4. The van der Waals surface area contributed by atoms with Crippen molar-refractivity contribution >= 4 is 34.8 Å². The molecular weight excluding hydrogens is 368 g/mol. The molecule has 1 aliphatic rings. The van der Waals surface area contributed by atoms with Crippen molar-refractivity contribution in [1.82, 2.24) is 0 Å². The summed E-state index contributed by atoms with van der Waals surface area (Å²) >= 11 is 6.01. The second-order valence-corrected chi connectivity index (χ2v) is 7.04. The van der Waals surface area contributed by atoms with Crippen molar-refractivity contribution in [2.24, 2.45) is 5.92 Å². The maximum absolute atomic E-state index is 12.2. The van der Waals surface area contributed by atoms with Crippen LogP contribution in [-0.2, 0) is 9.59 Å². The van der Waals surface area contributed by atoms with Gasteiger partial charge in [0, 0.05) is 12.2 Å². The molecule has 0 saturated carbocycles. The number of nitrogens with zero attached hydrogens (tertiary/aromatic N) is 1. The van der Waals surface area contributed by atoms with Gasteiger partial charge in [-0.15, -0.1) is 0 Å². The Hall–Kier alpha value is -2.73. The zero-order valence-corrected chi connectivity index (χ0v) is 16.0. The first-order chi connectivity index (χ1) is 12.9. The molecular formula is C20H21ClN2O4. The summed E-state index contributed by atoms with van der Waals surface area (Å²) < 4.78 is 10.9. The van der Waals surface area contributed by atoms with Gasteiger partial charge in [0.05, 0.1) is 10.7 Å². The van der Waals surface area contributed by atoms with Gasteiger partial charge in [0.1, 0.15) is 11.5 Å². The SMILES string of the molecule is CC(C)CN1C(=O)COc2ccc(NC(=O)COc3ccccc3Cl)cc21. The Balaban J connectivity index is 1.69. The monoisotopic (exact) mass is 388 g/mol. The number of benzene rings is 2. The Morgan fingerprint density at radius 1 is 1.30 bits per heavy atom.